The van der Waals surface area contributed by atoms with Crippen molar-refractivity contribution in [3.8, 4) is 0 Å². The van der Waals surface area contributed by atoms with E-state index in [1.807, 2.05) is 23.9 Å². The Hall–Kier alpha value is -1.16. The minimum absolute atomic E-state index is 0.100. The van der Waals surface area contributed by atoms with E-state index < -0.39 is 0 Å². The highest BCUT2D eigenvalue weighted by molar-refractivity contribution is 7.99. The van der Waals surface area contributed by atoms with Crippen molar-refractivity contribution in [1.82, 2.24) is 5.32 Å². The minimum Gasteiger partial charge on any atom is -0.385 e. The van der Waals surface area contributed by atoms with Gasteiger partial charge < -0.3 is 10.6 Å². The fourth-order valence-corrected chi connectivity index (χ4v) is 3.79. The number of benzene rings is 1. The monoisotopic (exact) mass is 262 g/mol. The summed E-state index contributed by atoms with van der Waals surface area (Å²) in [5.41, 5.74) is 3.18. The molecule has 2 heterocycles. The lowest BCUT2D eigenvalue weighted by Gasteiger charge is -2.21. The molecular formula is C14H18N2OS. The third kappa shape index (κ3) is 2.34. The molecule has 18 heavy (non-hydrogen) atoms. The third-order valence-corrected chi connectivity index (χ3v) is 4.77. The van der Waals surface area contributed by atoms with Crippen LogP contribution >= 0.6 is 11.8 Å². The second-order valence-electron chi connectivity index (χ2n) is 4.90. The summed E-state index contributed by atoms with van der Waals surface area (Å²) in [5.74, 6) is 2.32. The Kier molecular flexibility index (Phi) is 3.46. The van der Waals surface area contributed by atoms with Crippen molar-refractivity contribution in [3.63, 3.8) is 0 Å². The fourth-order valence-electron chi connectivity index (χ4n) is 2.63. The molecule has 2 aliphatic rings. The largest absolute Gasteiger partial charge is 0.385 e. The van der Waals surface area contributed by atoms with E-state index in [0.29, 0.717) is 6.04 Å². The molecule has 1 aromatic carbocycles. The number of thioether (sulfide) groups is 1. The normalized spacial score (nSPS) is 22.1. The van der Waals surface area contributed by atoms with Crippen LogP contribution in [0.25, 0.3) is 0 Å². The average molecular weight is 262 g/mol. The van der Waals surface area contributed by atoms with Gasteiger partial charge in [-0.05, 0) is 42.7 Å². The lowest BCUT2D eigenvalue weighted by atomic mass is 9.97. The standard InChI is InChI=1S/C14H18N2OS/c17-14(16-10-6-8-18-9-10)12-3-1-5-13-11(12)4-2-7-15-13/h1,3,5,10,15H,2,4,6-9H2,(H,16,17). The van der Waals surface area contributed by atoms with E-state index in [9.17, 15) is 4.79 Å². The van der Waals surface area contributed by atoms with Crippen LogP contribution in [0.5, 0.6) is 0 Å². The molecule has 0 aromatic heterocycles. The SMILES string of the molecule is O=C(NC1CCSC1)c1cccc2c1CCCN2. The number of hydrogen-bond acceptors (Lipinski definition) is 3. The number of carbonyl (C=O) groups is 1. The Balaban J connectivity index is 1.80. The number of fused-ring (bicyclic) bond motifs is 1. The Morgan fingerprint density at radius 1 is 1.44 bits per heavy atom. The van der Waals surface area contributed by atoms with Crippen LogP contribution in [0.4, 0.5) is 5.69 Å². The van der Waals surface area contributed by atoms with E-state index in [1.165, 1.54) is 11.3 Å². The molecule has 1 aromatic rings. The third-order valence-electron chi connectivity index (χ3n) is 3.60. The van der Waals surface area contributed by atoms with Crippen molar-refractivity contribution >= 4 is 23.4 Å². The first-order chi connectivity index (χ1) is 8.84. The zero-order valence-corrected chi connectivity index (χ0v) is 11.2. The first kappa shape index (κ1) is 11.9. The molecule has 1 unspecified atom stereocenters. The van der Waals surface area contributed by atoms with Gasteiger partial charge in [0.15, 0.2) is 0 Å². The summed E-state index contributed by atoms with van der Waals surface area (Å²) in [6.45, 7) is 1.01. The van der Waals surface area contributed by atoms with Crippen LogP contribution in [0, 0.1) is 0 Å². The van der Waals surface area contributed by atoms with E-state index in [2.05, 4.69) is 16.7 Å². The van der Waals surface area contributed by atoms with Gasteiger partial charge in [0.1, 0.15) is 0 Å². The van der Waals surface area contributed by atoms with Crippen molar-refractivity contribution in [2.45, 2.75) is 25.3 Å². The molecule has 2 N–H and O–H groups in total. The molecule has 0 spiro atoms. The van der Waals surface area contributed by atoms with Crippen LogP contribution in [0.1, 0.15) is 28.8 Å². The first-order valence-electron chi connectivity index (χ1n) is 6.59. The van der Waals surface area contributed by atoms with Crippen LogP contribution in [0.15, 0.2) is 18.2 Å². The summed E-state index contributed by atoms with van der Waals surface area (Å²) in [6, 6.07) is 6.34. The maximum absolute atomic E-state index is 12.3. The molecule has 0 aliphatic carbocycles. The number of amides is 1. The quantitative estimate of drug-likeness (QED) is 0.859. The van der Waals surface area contributed by atoms with E-state index in [0.717, 1.165) is 42.8 Å². The van der Waals surface area contributed by atoms with E-state index >= 15 is 0 Å². The number of nitrogens with one attached hydrogen (secondary N) is 2. The lowest BCUT2D eigenvalue weighted by molar-refractivity contribution is 0.0940. The Morgan fingerprint density at radius 2 is 2.39 bits per heavy atom. The number of rotatable bonds is 2. The van der Waals surface area contributed by atoms with Crippen LogP contribution in [-0.2, 0) is 6.42 Å². The van der Waals surface area contributed by atoms with E-state index in [4.69, 9.17) is 0 Å². The molecule has 3 nitrogen and oxygen atoms in total. The van der Waals surface area contributed by atoms with E-state index in [1.54, 1.807) is 0 Å². The molecule has 4 heteroatoms. The van der Waals surface area contributed by atoms with Crippen LogP contribution < -0.4 is 10.6 Å². The van der Waals surface area contributed by atoms with Crippen molar-refractivity contribution in [3.05, 3.63) is 29.3 Å². The van der Waals surface area contributed by atoms with Crippen molar-refractivity contribution < 1.29 is 4.79 Å². The molecule has 3 rings (SSSR count). The average Bonchev–Trinajstić information content (AvgIpc) is 2.91. The molecule has 1 fully saturated rings. The highest BCUT2D eigenvalue weighted by Gasteiger charge is 2.21. The number of carbonyl (C=O) groups excluding carboxylic acids is 1. The second kappa shape index (κ2) is 5.22. The number of hydrogen-bond donors (Lipinski definition) is 2. The van der Waals surface area contributed by atoms with Crippen molar-refractivity contribution in [2.24, 2.45) is 0 Å². The number of anilines is 1. The predicted molar refractivity (Wildman–Crippen MR) is 76.4 cm³/mol. The molecule has 96 valence electrons. The fraction of sp³-hybridized carbons (Fsp3) is 0.500. The van der Waals surface area contributed by atoms with Crippen molar-refractivity contribution in [2.75, 3.05) is 23.4 Å². The Bertz CT molecular complexity index is 455. The summed E-state index contributed by atoms with van der Waals surface area (Å²) in [4.78, 5) is 12.3. The van der Waals surface area contributed by atoms with Crippen LogP contribution in [0.2, 0.25) is 0 Å². The second-order valence-corrected chi connectivity index (χ2v) is 6.05. The van der Waals surface area contributed by atoms with Gasteiger partial charge in [0.05, 0.1) is 0 Å². The predicted octanol–water partition coefficient (Wildman–Crippen LogP) is 2.28. The van der Waals surface area contributed by atoms with Gasteiger partial charge in [-0.1, -0.05) is 6.07 Å². The molecule has 1 amide bonds. The van der Waals surface area contributed by atoms with Gasteiger partial charge >= 0.3 is 0 Å². The van der Waals surface area contributed by atoms with Crippen LogP contribution in [-0.4, -0.2) is 30.0 Å². The van der Waals surface area contributed by atoms with Gasteiger partial charge in [0.2, 0.25) is 0 Å². The van der Waals surface area contributed by atoms with Gasteiger partial charge in [0.25, 0.3) is 5.91 Å². The summed E-state index contributed by atoms with van der Waals surface area (Å²) < 4.78 is 0. The van der Waals surface area contributed by atoms with Gasteiger partial charge in [-0.2, -0.15) is 11.8 Å². The molecule has 1 atom stereocenters. The molecule has 0 saturated carbocycles. The van der Waals surface area contributed by atoms with Crippen molar-refractivity contribution in [1.29, 1.82) is 0 Å². The molecular weight excluding hydrogens is 244 g/mol. The summed E-state index contributed by atoms with van der Waals surface area (Å²) in [6.07, 6.45) is 3.21. The highest BCUT2D eigenvalue weighted by atomic mass is 32.2. The van der Waals surface area contributed by atoms with Crippen LogP contribution in [0.3, 0.4) is 0 Å². The van der Waals surface area contributed by atoms with Gasteiger partial charge in [-0.25, -0.2) is 0 Å². The van der Waals surface area contributed by atoms with Gasteiger partial charge in [-0.15, -0.1) is 0 Å². The molecule has 1 saturated heterocycles. The Morgan fingerprint density at radius 3 is 3.22 bits per heavy atom. The zero-order valence-electron chi connectivity index (χ0n) is 10.4. The Labute approximate surface area is 112 Å². The maximum Gasteiger partial charge on any atom is 0.251 e. The minimum atomic E-state index is 0.100. The maximum atomic E-state index is 12.3. The smallest absolute Gasteiger partial charge is 0.251 e. The highest BCUT2D eigenvalue weighted by Crippen LogP contribution is 2.26. The molecule has 2 aliphatic heterocycles. The van der Waals surface area contributed by atoms with Gasteiger partial charge in [-0.3, -0.25) is 4.79 Å². The molecule has 0 bridgehead atoms. The van der Waals surface area contributed by atoms with Gasteiger partial charge in [0, 0.05) is 29.6 Å². The lowest BCUT2D eigenvalue weighted by Crippen LogP contribution is -2.35. The molecule has 0 radical (unpaired) electrons. The van der Waals surface area contributed by atoms with E-state index in [-0.39, 0.29) is 5.91 Å². The summed E-state index contributed by atoms with van der Waals surface area (Å²) in [7, 11) is 0. The topological polar surface area (TPSA) is 41.1 Å². The summed E-state index contributed by atoms with van der Waals surface area (Å²) in [5, 5.41) is 6.53. The summed E-state index contributed by atoms with van der Waals surface area (Å²) >= 11 is 1.92. The zero-order chi connectivity index (χ0) is 12.4. The first-order valence-corrected chi connectivity index (χ1v) is 7.74.